The van der Waals surface area contributed by atoms with Crippen LogP contribution in [0.5, 0.6) is 11.5 Å². The van der Waals surface area contributed by atoms with Crippen molar-refractivity contribution in [3.05, 3.63) is 59.4 Å². The van der Waals surface area contributed by atoms with Gasteiger partial charge in [0.2, 0.25) is 18.6 Å². The molecule has 1 aliphatic heterocycles. The van der Waals surface area contributed by atoms with Gasteiger partial charge in [0.05, 0.1) is 6.42 Å². The number of halogens is 1. The minimum absolute atomic E-state index is 0.0823. The van der Waals surface area contributed by atoms with Crippen molar-refractivity contribution in [2.24, 2.45) is 5.92 Å². The third-order valence-corrected chi connectivity index (χ3v) is 4.45. The van der Waals surface area contributed by atoms with Crippen LogP contribution in [-0.2, 0) is 22.6 Å². The molecule has 1 atom stereocenters. The topological polar surface area (TPSA) is 76.7 Å². The van der Waals surface area contributed by atoms with Crippen molar-refractivity contribution in [2.75, 3.05) is 6.79 Å². The van der Waals surface area contributed by atoms with Crippen molar-refractivity contribution in [2.45, 2.75) is 32.9 Å². The van der Waals surface area contributed by atoms with Crippen LogP contribution in [0.25, 0.3) is 0 Å². The van der Waals surface area contributed by atoms with E-state index in [9.17, 15) is 14.0 Å². The fraction of sp³-hybridized carbons (Fsp3) is 0.333. The Morgan fingerprint density at radius 1 is 1.04 bits per heavy atom. The van der Waals surface area contributed by atoms with E-state index in [1.54, 1.807) is 18.2 Å². The predicted octanol–water partition coefficient (Wildman–Crippen LogP) is 2.55. The second-order valence-corrected chi connectivity index (χ2v) is 7.00. The van der Waals surface area contributed by atoms with Gasteiger partial charge in [-0.3, -0.25) is 9.59 Å². The lowest BCUT2D eigenvalue weighted by atomic mass is 10.0. The maximum atomic E-state index is 13.0. The van der Waals surface area contributed by atoms with Gasteiger partial charge in [-0.2, -0.15) is 0 Å². The summed E-state index contributed by atoms with van der Waals surface area (Å²) in [4.78, 5) is 24.9. The summed E-state index contributed by atoms with van der Waals surface area (Å²) in [6.07, 6.45) is 0.0823. The lowest BCUT2D eigenvalue weighted by molar-refractivity contribution is -0.129. The maximum absolute atomic E-state index is 13.0. The molecule has 2 amide bonds. The minimum Gasteiger partial charge on any atom is -0.454 e. The van der Waals surface area contributed by atoms with Gasteiger partial charge < -0.3 is 20.1 Å². The Kier molecular flexibility index (Phi) is 6.13. The van der Waals surface area contributed by atoms with Gasteiger partial charge in [0.25, 0.3) is 0 Å². The number of carbonyl (C=O) groups excluding carboxylic acids is 2. The zero-order valence-corrected chi connectivity index (χ0v) is 15.8. The van der Waals surface area contributed by atoms with Gasteiger partial charge >= 0.3 is 0 Å². The summed E-state index contributed by atoms with van der Waals surface area (Å²) in [5.41, 5.74) is 1.56. The second kappa shape index (κ2) is 8.73. The summed E-state index contributed by atoms with van der Waals surface area (Å²) in [6.45, 7) is 4.24. The normalized spacial score (nSPS) is 13.3. The number of carbonyl (C=O) groups is 2. The molecule has 1 heterocycles. The number of rotatable bonds is 7. The number of nitrogens with one attached hydrogen (secondary N) is 2. The number of hydrogen-bond donors (Lipinski definition) is 2. The molecule has 2 N–H and O–H groups in total. The quantitative estimate of drug-likeness (QED) is 0.767. The van der Waals surface area contributed by atoms with Crippen molar-refractivity contribution in [1.82, 2.24) is 10.6 Å². The number of ether oxygens (including phenoxy) is 2. The highest BCUT2D eigenvalue weighted by atomic mass is 19.1. The highest BCUT2D eigenvalue weighted by Crippen LogP contribution is 2.32. The van der Waals surface area contributed by atoms with E-state index < -0.39 is 6.04 Å². The van der Waals surface area contributed by atoms with Gasteiger partial charge in [-0.15, -0.1) is 0 Å². The van der Waals surface area contributed by atoms with Crippen LogP contribution in [0.1, 0.15) is 25.0 Å². The average molecular weight is 386 g/mol. The zero-order valence-electron chi connectivity index (χ0n) is 15.8. The molecule has 0 aromatic heterocycles. The molecule has 1 aliphatic rings. The highest BCUT2D eigenvalue weighted by molar-refractivity contribution is 5.88. The molecule has 0 bridgehead atoms. The molecule has 0 fully saturated rings. The molecule has 0 spiro atoms. The van der Waals surface area contributed by atoms with Crippen LogP contribution in [0.2, 0.25) is 0 Å². The van der Waals surface area contributed by atoms with E-state index >= 15 is 0 Å². The monoisotopic (exact) mass is 386 g/mol. The Bertz CT molecular complexity index is 852. The molecule has 7 heteroatoms. The van der Waals surface area contributed by atoms with Crippen LogP contribution >= 0.6 is 0 Å². The van der Waals surface area contributed by atoms with E-state index in [1.165, 1.54) is 12.1 Å². The summed E-state index contributed by atoms with van der Waals surface area (Å²) in [7, 11) is 0. The van der Waals surface area contributed by atoms with E-state index in [2.05, 4.69) is 10.6 Å². The highest BCUT2D eigenvalue weighted by Gasteiger charge is 2.24. The largest absolute Gasteiger partial charge is 0.454 e. The molecule has 148 valence electrons. The van der Waals surface area contributed by atoms with Gasteiger partial charge in [0.1, 0.15) is 11.9 Å². The zero-order chi connectivity index (χ0) is 20.1. The molecule has 0 radical (unpaired) electrons. The van der Waals surface area contributed by atoms with Gasteiger partial charge in [-0.1, -0.05) is 32.0 Å². The van der Waals surface area contributed by atoms with Crippen molar-refractivity contribution in [1.29, 1.82) is 0 Å². The van der Waals surface area contributed by atoms with Crippen molar-refractivity contribution < 1.29 is 23.5 Å². The van der Waals surface area contributed by atoms with Gasteiger partial charge in [0.15, 0.2) is 11.5 Å². The maximum Gasteiger partial charge on any atom is 0.243 e. The molecule has 3 rings (SSSR count). The van der Waals surface area contributed by atoms with E-state index in [0.717, 1.165) is 5.56 Å². The Morgan fingerprint density at radius 3 is 2.43 bits per heavy atom. The first-order chi connectivity index (χ1) is 13.4. The molecule has 0 saturated carbocycles. The van der Waals surface area contributed by atoms with Crippen molar-refractivity contribution in [3.63, 3.8) is 0 Å². The fourth-order valence-corrected chi connectivity index (χ4v) is 2.90. The number of fused-ring (bicyclic) bond motifs is 1. The van der Waals surface area contributed by atoms with E-state index in [4.69, 9.17) is 9.47 Å². The lowest BCUT2D eigenvalue weighted by Gasteiger charge is -2.22. The molecule has 0 aliphatic carbocycles. The minimum atomic E-state index is -0.665. The van der Waals surface area contributed by atoms with Crippen LogP contribution in [-0.4, -0.2) is 24.6 Å². The second-order valence-electron chi connectivity index (χ2n) is 7.00. The Balaban J connectivity index is 1.55. The molecular formula is C21H23FN2O4. The van der Waals surface area contributed by atoms with Crippen LogP contribution in [0, 0.1) is 11.7 Å². The standard InChI is InChI=1S/C21H23FN2O4/c1-13(2)20(24-19(25)10-14-3-6-16(22)7-4-14)21(26)23-11-15-5-8-17-18(9-15)28-12-27-17/h3-9,13,20H,10-12H2,1-2H3,(H,23,26)(H,24,25)/t20-/m1/s1. The smallest absolute Gasteiger partial charge is 0.243 e. The van der Waals surface area contributed by atoms with Crippen molar-refractivity contribution in [3.8, 4) is 11.5 Å². The number of amides is 2. The van der Waals surface area contributed by atoms with Crippen LogP contribution < -0.4 is 20.1 Å². The Hall–Kier alpha value is -3.09. The third kappa shape index (κ3) is 5.00. The summed E-state index contributed by atoms with van der Waals surface area (Å²) in [6, 6.07) is 10.5. The average Bonchev–Trinajstić information content (AvgIpc) is 3.13. The molecule has 0 saturated heterocycles. The lowest BCUT2D eigenvalue weighted by Crippen LogP contribution is -2.49. The van der Waals surface area contributed by atoms with E-state index in [-0.39, 0.29) is 36.8 Å². The van der Waals surface area contributed by atoms with Crippen LogP contribution in [0.15, 0.2) is 42.5 Å². The van der Waals surface area contributed by atoms with Gasteiger partial charge in [-0.05, 0) is 41.3 Å². The van der Waals surface area contributed by atoms with Gasteiger partial charge in [0, 0.05) is 6.54 Å². The molecule has 0 unspecified atom stereocenters. The number of hydrogen-bond acceptors (Lipinski definition) is 4. The molecule has 6 nitrogen and oxygen atoms in total. The van der Waals surface area contributed by atoms with Gasteiger partial charge in [-0.25, -0.2) is 4.39 Å². The fourth-order valence-electron chi connectivity index (χ4n) is 2.90. The first kappa shape index (κ1) is 19.7. The predicted molar refractivity (Wildman–Crippen MR) is 101 cm³/mol. The summed E-state index contributed by atoms with van der Waals surface area (Å²) < 4.78 is 23.6. The van der Waals surface area contributed by atoms with E-state index in [0.29, 0.717) is 23.6 Å². The SMILES string of the molecule is CC(C)[C@@H](NC(=O)Cc1ccc(F)cc1)C(=O)NCc1ccc2c(c1)OCO2. The molecule has 2 aromatic carbocycles. The molecule has 28 heavy (non-hydrogen) atoms. The first-order valence-corrected chi connectivity index (χ1v) is 9.12. The summed E-state index contributed by atoms with van der Waals surface area (Å²) in [5.74, 6) is 0.340. The summed E-state index contributed by atoms with van der Waals surface area (Å²) >= 11 is 0. The Labute approximate surface area is 163 Å². The Morgan fingerprint density at radius 2 is 1.71 bits per heavy atom. The third-order valence-electron chi connectivity index (χ3n) is 4.45. The first-order valence-electron chi connectivity index (χ1n) is 9.12. The van der Waals surface area contributed by atoms with Crippen LogP contribution in [0.4, 0.5) is 4.39 Å². The van der Waals surface area contributed by atoms with E-state index in [1.807, 2.05) is 26.0 Å². The number of benzene rings is 2. The molecule has 2 aromatic rings. The molecular weight excluding hydrogens is 363 g/mol. The summed E-state index contributed by atoms with van der Waals surface area (Å²) in [5, 5.41) is 5.62. The van der Waals surface area contributed by atoms with Crippen molar-refractivity contribution >= 4 is 11.8 Å². The van der Waals surface area contributed by atoms with Crippen LogP contribution in [0.3, 0.4) is 0 Å².